The summed E-state index contributed by atoms with van der Waals surface area (Å²) in [5.41, 5.74) is 3.47. The van der Waals surface area contributed by atoms with Gasteiger partial charge >= 0.3 is 0 Å². The van der Waals surface area contributed by atoms with E-state index in [-0.39, 0.29) is 0 Å². The van der Waals surface area contributed by atoms with Crippen LogP contribution in [-0.2, 0) is 16.6 Å². The molecule has 1 aromatic carbocycles. The van der Waals surface area contributed by atoms with Crippen LogP contribution in [0.1, 0.15) is 5.56 Å². The summed E-state index contributed by atoms with van der Waals surface area (Å²) in [6, 6.07) is 13.7. The first-order valence-electron chi connectivity index (χ1n) is 12.6. The standard InChI is InChI=1S/C26H33N9O2S/c1-33(38(2,36)37)24-21(4-3-10-29-24)19-35-14-9-20-18-30-26(32-25(20)35)31-23-7-5-22(6-8-23)28-13-17-34-15-11-27-12-16-34/h3-10,14,18,27-28H,11-13,15-17,19H2,1-2H3,(H,30,31,32). The first kappa shape index (κ1) is 25.9. The van der Waals surface area contributed by atoms with E-state index in [1.54, 1.807) is 18.5 Å². The van der Waals surface area contributed by atoms with E-state index < -0.39 is 10.0 Å². The van der Waals surface area contributed by atoms with Crippen LogP contribution in [-0.4, -0.2) is 85.4 Å². The molecule has 38 heavy (non-hydrogen) atoms. The molecule has 4 aromatic rings. The van der Waals surface area contributed by atoms with Crippen molar-refractivity contribution in [2.24, 2.45) is 0 Å². The molecule has 0 radical (unpaired) electrons. The van der Waals surface area contributed by atoms with E-state index in [0.717, 1.165) is 73.5 Å². The number of hydrogen-bond donors (Lipinski definition) is 3. The molecular formula is C26H33N9O2S. The molecule has 5 rings (SSSR count). The van der Waals surface area contributed by atoms with Gasteiger partial charge in [-0.3, -0.25) is 9.21 Å². The zero-order chi connectivity index (χ0) is 26.5. The van der Waals surface area contributed by atoms with E-state index >= 15 is 0 Å². The molecule has 3 N–H and O–H groups in total. The second-order valence-electron chi connectivity index (χ2n) is 9.35. The Morgan fingerprint density at radius 1 is 1.05 bits per heavy atom. The molecular weight excluding hydrogens is 502 g/mol. The van der Waals surface area contributed by atoms with E-state index in [1.165, 1.54) is 11.4 Å². The molecule has 0 aliphatic carbocycles. The van der Waals surface area contributed by atoms with Crippen LogP contribution in [0.4, 0.5) is 23.1 Å². The molecule has 0 amide bonds. The van der Waals surface area contributed by atoms with Crippen molar-refractivity contribution in [3.05, 3.63) is 66.6 Å². The number of rotatable bonds is 10. The highest BCUT2D eigenvalue weighted by atomic mass is 32.2. The number of fused-ring (bicyclic) bond motifs is 1. The predicted molar refractivity (Wildman–Crippen MR) is 152 cm³/mol. The van der Waals surface area contributed by atoms with Crippen LogP contribution in [0.5, 0.6) is 0 Å². The number of aromatic nitrogens is 4. The fourth-order valence-electron chi connectivity index (χ4n) is 4.43. The number of nitrogens with zero attached hydrogens (tertiary/aromatic N) is 6. The maximum Gasteiger partial charge on any atom is 0.233 e. The van der Waals surface area contributed by atoms with Gasteiger partial charge in [-0.15, -0.1) is 0 Å². The molecule has 0 unspecified atom stereocenters. The Morgan fingerprint density at radius 2 is 1.82 bits per heavy atom. The lowest BCUT2D eigenvalue weighted by Crippen LogP contribution is -2.45. The van der Waals surface area contributed by atoms with Crippen LogP contribution in [0, 0.1) is 0 Å². The molecule has 200 valence electrons. The van der Waals surface area contributed by atoms with Crippen molar-refractivity contribution in [2.45, 2.75) is 6.54 Å². The van der Waals surface area contributed by atoms with E-state index in [2.05, 4.69) is 30.8 Å². The Balaban J connectivity index is 1.26. The number of piperazine rings is 1. The zero-order valence-electron chi connectivity index (χ0n) is 21.6. The first-order valence-corrected chi connectivity index (χ1v) is 14.5. The van der Waals surface area contributed by atoms with Gasteiger partial charge in [0.15, 0.2) is 0 Å². The zero-order valence-corrected chi connectivity index (χ0v) is 22.4. The number of benzene rings is 1. The fraction of sp³-hybridized carbons (Fsp3) is 0.346. The highest BCUT2D eigenvalue weighted by molar-refractivity contribution is 7.92. The van der Waals surface area contributed by atoms with Gasteiger partial charge in [-0.1, -0.05) is 6.07 Å². The van der Waals surface area contributed by atoms with Crippen molar-refractivity contribution >= 4 is 44.2 Å². The van der Waals surface area contributed by atoms with Crippen LogP contribution in [0.25, 0.3) is 11.0 Å². The molecule has 1 fully saturated rings. The van der Waals surface area contributed by atoms with Crippen LogP contribution in [0.15, 0.2) is 61.1 Å². The topological polar surface area (TPSA) is 120 Å². The fourth-order valence-corrected chi connectivity index (χ4v) is 4.91. The average Bonchev–Trinajstić information content (AvgIpc) is 3.31. The van der Waals surface area contributed by atoms with E-state index in [4.69, 9.17) is 4.98 Å². The molecule has 0 saturated carbocycles. The highest BCUT2D eigenvalue weighted by Crippen LogP contribution is 2.23. The third-order valence-electron chi connectivity index (χ3n) is 6.61. The second kappa shape index (κ2) is 11.3. The van der Waals surface area contributed by atoms with Crippen molar-refractivity contribution in [1.29, 1.82) is 0 Å². The Hall–Kier alpha value is -3.74. The third-order valence-corrected chi connectivity index (χ3v) is 7.78. The largest absolute Gasteiger partial charge is 0.384 e. The lowest BCUT2D eigenvalue weighted by molar-refractivity contribution is 0.249. The van der Waals surface area contributed by atoms with Gasteiger partial charge in [0, 0.05) is 87.2 Å². The predicted octanol–water partition coefficient (Wildman–Crippen LogP) is 2.33. The van der Waals surface area contributed by atoms with Gasteiger partial charge in [-0.05, 0) is 36.4 Å². The molecule has 1 aliphatic heterocycles. The summed E-state index contributed by atoms with van der Waals surface area (Å²) in [7, 11) is -1.93. The molecule has 0 bridgehead atoms. The average molecular weight is 536 g/mol. The minimum Gasteiger partial charge on any atom is -0.384 e. The lowest BCUT2D eigenvalue weighted by Gasteiger charge is -2.27. The van der Waals surface area contributed by atoms with Gasteiger partial charge in [0.1, 0.15) is 11.5 Å². The van der Waals surface area contributed by atoms with Crippen molar-refractivity contribution in [3.63, 3.8) is 0 Å². The molecule has 12 heteroatoms. The van der Waals surface area contributed by atoms with Crippen LogP contribution >= 0.6 is 0 Å². The van der Waals surface area contributed by atoms with Gasteiger partial charge in [0.25, 0.3) is 0 Å². The van der Waals surface area contributed by atoms with E-state index in [9.17, 15) is 8.42 Å². The van der Waals surface area contributed by atoms with Gasteiger partial charge in [0.05, 0.1) is 12.8 Å². The number of pyridine rings is 1. The number of anilines is 4. The summed E-state index contributed by atoms with van der Waals surface area (Å²) in [5, 5.41) is 11.0. The molecule has 0 spiro atoms. The smallest absolute Gasteiger partial charge is 0.233 e. The molecule has 1 saturated heterocycles. The minimum absolute atomic E-state index is 0.394. The number of hydrogen-bond acceptors (Lipinski definition) is 9. The minimum atomic E-state index is -3.44. The van der Waals surface area contributed by atoms with Crippen molar-refractivity contribution in [1.82, 2.24) is 29.7 Å². The Labute approximate surface area is 223 Å². The van der Waals surface area contributed by atoms with Crippen molar-refractivity contribution in [3.8, 4) is 0 Å². The Kier molecular flexibility index (Phi) is 7.72. The quantitative estimate of drug-likeness (QED) is 0.281. The molecule has 4 heterocycles. The van der Waals surface area contributed by atoms with Crippen LogP contribution < -0.4 is 20.3 Å². The summed E-state index contributed by atoms with van der Waals surface area (Å²) < 4.78 is 27.4. The van der Waals surface area contributed by atoms with Gasteiger partial charge in [-0.25, -0.2) is 18.4 Å². The third kappa shape index (κ3) is 6.21. The van der Waals surface area contributed by atoms with E-state index in [0.29, 0.717) is 18.3 Å². The molecule has 11 nitrogen and oxygen atoms in total. The Morgan fingerprint density at radius 3 is 2.58 bits per heavy atom. The van der Waals surface area contributed by atoms with Crippen molar-refractivity contribution < 1.29 is 8.42 Å². The van der Waals surface area contributed by atoms with Gasteiger partial charge in [0.2, 0.25) is 16.0 Å². The second-order valence-corrected chi connectivity index (χ2v) is 11.4. The highest BCUT2D eigenvalue weighted by Gasteiger charge is 2.18. The van der Waals surface area contributed by atoms with Gasteiger partial charge in [-0.2, -0.15) is 4.98 Å². The van der Waals surface area contributed by atoms with E-state index in [1.807, 2.05) is 47.2 Å². The number of sulfonamides is 1. The van der Waals surface area contributed by atoms with Crippen LogP contribution in [0.3, 0.4) is 0 Å². The molecule has 0 atom stereocenters. The maximum atomic E-state index is 12.1. The summed E-state index contributed by atoms with van der Waals surface area (Å²) in [6.45, 7) is 6.66. The molecule has 1 aliphatic rings. The summed E-state index contributed by atoms with van der Waals surface area (Å²) in [5.74, 6) is 0.877. The van der Waals surface area contributed by atoms with Gasteiger partial charge < -0.3 is 20.5 Å². The summed E-state index contributed by atoms with van der Waals surface area (Å²) in [4.78, 5) is 16.0. The van der Waals surface area contributed by atoms with Crippen LogP contribution in [0.2, 0.25) is 0 Å². The van der Waals surface area contributed by atoms with Crippen molar-refractivity contribution in [2.75, 3.05) is 67.5 Å². The number of nitrogens with one attached hydrogen (secondary N) is 3. The summed E-state index contributed by atoms with van der Waals surface area (Å²) in [6.07, 6.45) is 6.45. The molecule has 3 aromatic heterocycles. The summed E-state index contributed by atoms with van der Waals surface area (Å²) >= 11 is 0. The first-order chi connectivity index (χ1) is 18.4. The lowest BCUT2D eigenvalue weighted by atomic mass is 10.2. The normalized spacial score (nSPS) is 14.5. The SMILES string of the molecule is CN(c1ncccc1Cn1ccc2cnc(Nc3ccc(NCCN4CCNCC4)cc3)nc21)S(C)(=O)=O. The Bertz CT molecular complexity index is 1480. The monoisotopic (exact) mass is 535 g/mol. The maximum absolute atomic E-state index is 12.1.